The number of aliphatic hydroxyl groups is 1. The Bertz CT molecular complexity index is 460. The second kappa shape index (κ2) is 4.86. The van der Waals surface area contributed by atoms with Crippen molar-refractivity contribution in [3.63, 3.8) is 0 Å². The smallest absolute Gasteiger partial charge is 0.146 e. The van der Waals surface area contributed by atoms with E-state index in [0.29, 0.717) is 18.1 Å². The Labute approximate surface area is 94.3 Å². The van der Waals surface area contributed by atoms with E-state index in [9.17, 15) is 0 Å². The molecule has 0 aliphatic heterocycles. The molecule has 0 aliphatic carbocycles. The molecule has 1 N–H and O–H groups in total. The monoisotopic (exact) mass is 218 g/mol. The van der Waals surface area contributed by atoms with Gasteiger partial charge in [0.15, 0.2) is 0 Å². The predicted octanol–water partition coefficient (Wildman–Crippen LogP) is 2.66. The number of benzene rings is 1. The van der Waals surface area contributed by atoms with Crippen LogP contribution >= 0.6 is 0 Å². The zero-order chi connectivity index (χ0) is 11.4. The molecule has 0 spiro atoms. The van der Waals surface area contributed by atoms with Crippen LogP contribution in [0.4, 0.5) is 0 Å². The van der Waals surface area contributed by atoms with Crippen LogP contribution in [0.3, 0.4) is 0 Å². The van der Waals surface area contributed by atoms with Gasteiger partial charge in [0, 0.05) is 0 Å². The number of furan rings is 1. The van der Waals surface area contributed by atoms with Crippen molar-refractivity contribution in [3.8, 4) is 5.75 Å². The van der Waals surface area contributed by atoms with Gasteiger partial charge in [-0.15, -0.1) is 0 Å². The van der Waals surface area contributed by atoms with Crippen molar-refractivity contribution in [3.05, 3.63) is 53.5 Å². The first kappa shape index (κ1) is 10.8. The Kier molecular flexibility index (Phi) is 3.27. The molecule has 84 valence electrons. The van der Waals surface area contributed by atoms with E-state index in [1.807, 2.05) is 37.3 Å². The molecule has 0 aliphatic rings. The molecule has 1 aromatic carbocycles. The molecule has 0 saturated heterocycles. The Morgan fingerprint density at radius 1 is 1.12 bits per heavy atom. The Morgan fingerprint density at radius 3 is 2.56 bits per heavy atom. The van der Waals surface area contributed by atoms with Crippen molar-refractivity contribution in [1.82, 2.24) is 0 Å². The van der Waals surface area contributed by atoms with Gasteiger partial charge >= 0.3 is 0 Å². The minimum atomic E-state index is -0.0790. The van der Waals surface area contributed by atoms with Gasteiger partial charge in [-0.1, -0.05) is 18.2 Å². The highest BCUT2D eigenvalue weighted by Gasteiger charge is 2.03. The highest BCUT2D eigenvalue weighted by Crippen LogP contribution is 2.18. The van der Waals surface area contributed by atoms with Gasteiger partial charge in [-0.25, -0.2) is 0 Å². The van der Waals surface area contributed by atoms with Gasteiger partial charge in [-0.3, -0.25) is 0 Å². The number of hydrogen-bond donors (Lipinski definition) is 1. The largest absolute Gasteiger partial charge is 0.485 e. The van der Waals surface area contributed by atoms with Crippen molar-refractivity contribution >= 4 is 0 Å². The van der Waals surface area contributed by atoms with Crippen LogP contribution in [0, 0.1) is 6.92 Å². The molecule has 2 aromatic rings. The molecule has 1 aromatic heterocycles. The molecule has 16 heavy (non-hydrogen) atoms. The molecule has 0 bridgehead atoms. The predicted molar refractivity (Wildman–Crippen MR) is 60.1 cm³/mol. The minimum absolute atomic E-state index is 0.0790. The van der Waals surface area contributed by atoms with Crippen LogP contribution < -0.4 is 4.74 Å². The van der Waals surface area contributed by atoms with Crippen molar-refractivity contribution in [1.29, 1.82) is 0 Å². The van der Waals surface area contributed by atoms with E-state index in [2.05, 4.69) is 0 Å². The SMILES string of the molecule is Cc1ccccc1OCc1ccc(CO)o1. The molecular formula is C13H14O3. The van der Waals surface area contributed by atoms with Crippen LogP contribution in [-0.4, -0.2) is 5.11 Å². The average Bonchev–Trinajstić information content (AvgIpc) is 2.76. The third-order valence-corrected chi connectivity index (χ3v) is 2.34. The molecule has 0 saturated carbocycles. The van der Waals surface area contributed by atoms with Gasteiger partial charge in [0.25, 0.3) is 0 Å². The summed E-state index contributed by atoms with van der Waals surface area (Å²) in [7, 11) is 0. The lowest BCUT2D eigenvalue weighted by Crippen LogP contribution is -1.95. The van der Waals surface area contributed by atoms with Crippen molar-refractivity contribution in [2.24, 2.45) is 0 Å². The number of para-hydroxylation sites is 1. The fourth-order valence-electron chi connectivity index (χ4n) is 1.45. The van der Waals surface area contributed by atoms with E-state index in [-0.39, 0.29) is 6.61 Å². The van der Waals surface area contributed by atoms with E-state index in [1.54, 1.807) is 6.07 Å². The maximum absolute atomic E-state index is 8.85. The molecule has 2 rings (SSSR count). The molecular weight excluding hydrogens is 204 g/mol. The number of rotatable bonds is 4. The first-order chi connectivity index (χ1) is 7.79. The molecule has 0 radical (unpaired) electrons. The van der Waals surface area contributed by atoms with Crippen molar-refractivity contribution in [2.45, 2.75) is 20.1 Å². The average molecular weight is 218 g/mol. The van der Waals surface area contributed by atoms with Gasteiger partial charge in [0.2, 0.25) is 0 Å². The lowest BCUT2D eigenvalue weighted by molar-refractivity contribution is 0.224. The van der Waals surface area contributed by atoms with Crippen LogP contribution in [0.2, 0.25) is 0 Å². The maximum atomic E-state index is 8.85. The maximum Gasteiger partial charge on any atom is 0.146 e. The number of aryl methyl sites for hydroxylation is 1. The van der Waals surface area contributed by atoms with E-state index < -0.39 is 0 Å². The highest BCUT2D eigenvalue weighted by atomic mass is 16.5. The van der Waals surface area contributed by atoms with Crippen LogP contribution in [0.1, 0.15) is 17.1 Å². The number of aliphatic hydroxyl groups excluding tert-OH is 1. The zero-order valence-electron chi connectivity index (χ0n) is 9.14. The first-order valence-corrected chi connectivity index (χ1v) is 5.16. The van der Waals surface area contributed by atoms with Crippen LogP contribution in [0.25, 0.3) is 0 Å². The number of hydrogen-bond acceptors (Lipinski definition) is 3. The quantitative estimate of drug-likeness (QED) is 0.857. The Morgan fingerprint density at radius 2 is 1.88 bits per heavy atom. The topological polar surface area (TPSA) is 42.6 Å². The van der Waals surface area contributed by atoms with Crippen LogP contribution in [0.5, 0.6) is 5.75 Å². The molecule has 3 nitrogen and oxygen atoms in total. The fourth-order valence-corrected chi connectivity index (χ4v) is 1.45. The lowest BCUT2D eigenvalue weighted by Gasteiger charge is -2.06. The summed E-state index contributed by atoms with van der Waals surface area (Å²) in [5.41, 5.74) is 1.09. The summed E-state index contributed by atoms with van der Waals surface area (Å²) >= 11 is 0. The van der Waals surface area contributed by atoms with Gasteiger partial charge in [-0.05, 0) is 30.7 Å². The summed E-state index contributed by atoms with van der Waals surface area (Å²) in [6.07, 6.45) is 0. The minimum Gasteiger partial charge on any atom is -0.485 e. The summed E-state index contributed by atoms with van der Waals surface area (Å²) in [5, 5.41) is 8.85. The Hall–Kier alpha value is -1.74. The third-order valence-electron chi connectivity index (χ3n) is 2.34. The van der Waals surface area contributed by atoms with Crippen LogP contribution in [0.15, 0.2) is 40.8 Å². The van der Waals surface area contributed by atoms with E-state index >= 15 is 0 Å². The van der Waals surface area contributed by atoms with Gasteiger partial charge in [-0.2, -0.15) is 0 Å². The first-order valence-electron chi connectivity index (χ1n) is 5.16. The molecule has 1 heterocycles. The van der Waals surface area contributed by atoms with E-state index in [0.717, 1.165) is 11.3 Å². The second-order valence-corrected chi connectivity index (χ2v) is 3.58. The van der Waals surface area contributed by atoms with Gasteiger partial charge in [0.1, 0.15) is 30.5 Å². The molecule has 0 unspecified atom stereocenters. The standard InChI is InChI=1S/C13H14O3/c1-10-4-2-3-5-13(10)15-9-12-7-6-11(8-14)16-12/h2-7,14H,8-9H2,1H3. The summed E-state index contributed by atoms with van der Waals surface area (Å²) in [4.78, 5) is 0. The van der Waals surface area contributed by atoms with Crippen LogP contribution in [-0.2, 0) is 13.2 Å². The molecule has 0 fully saturated rings. The molecule has 0 atom stereocenters. The molecule has 0 amide bonds. The Balaban J connectivity index is 1.99. The van der Waals surface area contributed by atoms with Gasteiger partial charge in [0.05, 0.1) is 0 Å². The normalized spacial score (nSPS) is 10.4. The zero-order valence-corrected chi connectivity index (χ0v) is 9.14. The van der Waals surface area contributed by atoms with Crippen molar-refractivity contribution < 1.29 is 14.3 Å². The third kappa shape index (κ3) is 2.44. The lowest BCUT2D eigenvalue weighted by atomic mass is 10.2. The summed E-state index contributed by atoms with van der Waals surface area (Å²) in [6, 6.07) is 11.4. The molecule has 3 heteroatoms. The second-order valence-electron chi connectivity index (χ2n) is 3.58. The van der Waals surface area contributed by atoms with Crippen molar-refractivity contribution in [2.75, 3.05) is 0 Å². The van der Waals surface area contributed by atoms with Gasteiger partial charge < -0.3 is 14.3 Å². The summed E-state index contributed by atoms with van der Waals surface area (Å²) in [5.74, 6) is 2.13. The number of ether oxygens (including phenoxy) is 1. The fraction of sp³-hybridized carbons (Fsp3) is 0.231. The summed E-state index contributed by atoms with van der Waals surface area (Å²) in [6.45, 7) is 2.30. The summed E-state index contributed by atoms with van der Waals surface area (Å²) < 4.78 is 10.9. The van der Waals surface area contributed by atoms with E-state index in [4.69, 9.17) is 14.3 Å². The highest BCUT2D eigenvalue weighted by molar-refractivity contribution is 5.31. The van der Waals surface area contributed by atoms with E-state index in [1.165, 1.54) is 0 Å².